The topological polar surface area (TPSA) is 24.6 Å². The van der Waals surface area contributed by atoms with Gasteiger partial charge in [0, 0.05) is 44.6 Å². The smallest absolute Gasteiger partial charge is 0.297 e. The lowest BCUT2D eigenvalue weighted by molar-refractivity contribution is 0.332. The Kier molecular flexibility index (Phi) is 10.8. The first kappa shape index (κ1) is 52.6. The summed E-state index contributed by atoms with van der Waals surface area (Å²) in [6.45, 7) is 43.8. The van der Waals surface area contributed by atoms with Crippen LogP contribution in [0.15, 0.2) is 126 Å². The second-order valence-electron chi connectivity index (χ2n) is 31.8. The summed E-state index contributed by atoms with van der Waals surface area (Å²) in [4.78, 5) is 5.42. The van der Waals surface area contributed by atoms with Crippen molar-refractivity contribution in [1.82, 2.24) is 4.57 Å². The van der Waals surface area contributed by atoms with E-state index in [9.17, 15) is 0 Å². The summed E-state index contributed by atoms with van der Waals surface area (Å²) < 4.78 is 10.5. The van der Waals surface area contributed by atoms with Crippen molar-refractivity contribution in [2.24, 2.45) is 0 Å². The van der Waals surface area contributed by atoms with E-state index in [1.807, 2.05) is 0 Å². The highest BCUT2D eigenvalue weighted by Gasteiger charge is 2.51. The lowest BCUT2D eigenvalue weighted by Crippen LogP contribution is -2.61. The normalized spacial score (nSPS) is 19.7. The summed E-state index contributed by atoms with van der Waals surface area (Å²) in [6.07, 6.45) is 6.88. The van der Waals surface area contributed by atoms with E-state index in [0.29, 0.717) is 0 Å². The molecule has 0 unspecified atom stereocenters. The molecule has 5 aliphatic rings. The van der Waals surface area contributed by atoms with Crippen LogP contribution in [0.2, 0.25) is 0 Å². The molecule has 2 aliphatic heterocycles. The van der Waals surface area contributed by atoms with Crippen molar-refractivity contribution < 1.29 is 4.42 Å². The molecule has 9 aromatic rings. The number of furan rings is 1. The molecule has 0 atom stereocenters. The third-order valence-electron chi connectivity index (χ3n) is 21.4. The molecule has 4 nitrogen and oxygen atoms in total. The lowest BCUT2D eigenvalue weighted by atomic mass is 9.35. The molecular weight excluding hydrogens is 982 g/mol. The number of benzene rings is 7. The number of hydrogen-bond donors (Lipinski definition) is 0. The lowest BCUT2D eigenvalue weighted by Gasteiger charge is -2.47. The van der Waals surface area contributed by atoms with Crippen molar-refractivity contribution in [2.45, 2.75) is 206 Å². The van der Waals surface area contributed by atoms with Gasteiger partial charge in [-0.3, -0.25) is 0 Å². The molecular formula is C76H86BN3O. The molecule has 0 spiro atoms. The highest BCUT2D eigenvalue weighted by atomic mass is 16.3. The third kappa shape index (κ3) is 7.67. The molecule has 0 fully saturated rings. The van der Waals surface area contributed by atoms with Crippen LogP contribution in [-0.2, 0) is 43.3 Å². The first-order chi connectivity index (χ1) is 37.9. The Hall–Kier alpha value is -6.46. The Morgan fingerprint density at radius 1 is 0.395 bits per heavy atom. The molecule has 0 N–H and O–H groups in total. The van der Waals surface area contributed by atoms with Gasteiger partial charge in [0.25, 0.3) is 6.71 Å². The zero-order valence-electron chi connectivity index (χ0n) is 52.1. The van der Waals surface area contributed by atoms with E-state index in [1.54, 1.807) is 0 Å². The van der Waals surface area contributed by atoms with Crippen LogP contribution < -0.4 is 26.4 Å². The Morgan fingerprint density at radius 2 is 0.852 bits per heavy atom. The van der Waals surface area contributed by atoms with E-state index < -0.39 is 0 Å². The predicted octanol–water partition coefficient (Wildman–Crippen LogP) is 19.3. The minimum atomic E-state index is -0.197. The van der Waals surface area contributed by atoms with Gasteiger partial charge >= 0.3 is 0 Å². The minimum Gasteiger partial charge on any atom is -0.468 e. The van der Waals surface area contributed by atoms with Crippen molar-refractivity contribution in [1.29, 1.82) is 0 Å². The van der Waals surface area contributed by atoms with E-state index in [1.165, 1.54) is 123 Å². The second-order valence-corrected chi connectivity index (χ2v) is 31.8. The summed E-state index contributed by atoms with van der Waals surface area (Å²) in [5, 5.41) is 3.72. The minimum absolute atomic E-state index is 0.00290. The van der Waals surface area contributed by atoms with Gasteiger partial charge in [0.2, 0.25) is 0 Å². The molecule has 0 bridgehead atoms. The molecule has 81 heavy (non-hydrogen) atoms. The second kappa shape index (κ2) is 16.6. The van der Waals surface area contributed by atoms with Crippen molar-refractivity contribution in [3.63, 3.8) is 0 Å². The fourth-order valence-electron chi connectivity index (χ4n) is 15.8. The number of aromatic nitrogens is 1. The first-order valence-corrected chi connectivity index (χ1v) is 30.7. The van der Waals surface area contributed by atoms with Gasteiger partial charge < -0.3 is 18.8 Å². The number of para-hydroxylation sites is 2. The van der Waals surface area contributed by atoms with Crippen molar-refractivity contribution >= 4 is 90.2 Å². The number of hydrogen-bond acceptors (Lipinski definition) is 3. The zero-order chi connectivity index (χ0) is 57.3. The molecule has 0 saturated carbocycles. The van der Waals surface area contributed by atoms with E-state index in [2.05, 4.69) is 260 Å². The standard InChI is InChI=1S/C76H86BN3O/c1-69(2,3)45-35-46(70(4,5)6)37-48(36-45)80-64-40-49(79-60-25-21-19-23-50(60)51-24-20-22-26-61(51)79)39-63-66(64)77(68-67(80)52-41-55-58(44-65(52)81-68)76(17,18)34-31-73(55,11)12)59-42-56-57(75(15,16)33-32-74(56,13)14)43-62(59)78(63)47-27-28-53-54(38-47)72(9,10)30-29-71(53,7)8/h19-28,35-44H,29-34H2,1-18H3. The van der Waals surface area contributed by atoms with Crippen LogP contribution in [0.4, 0.5) is 34.1 Å². The Labute approximate surface area is 484 Å². The van der Waals surface area contributed by atoms with Crippen LogP contribution in [0.3, 0.4) is 0 Å². The quantitative estimate of drug-likeness (QED) is 0.165. The van der Waals surface area contributed by atoms with Crippen LogP contribution in [0.5, 0.6) is 0 Å². The SMILES string of the molecule is CC(C)(C)c1cc(N2c3cc(-n4c5ccccc5c5ccccc54)cc4c3B(c3cc5c(cc3N4c3ccc4c(c3)C(C)(C)CCC4(C)C)C(C)(C)CCC5(C)C)c3oc4cc5c(cc4c32)C(C)(C)CCC5(C)C)cc(C(C)(C)C)c1. The number of fused-ring (bicyclic) bond motifs is 12. The maximum atomic E-state index is 7.93. The Bertz CT molecular complexity index is 4090. The van der Waals surface area contributed by atoms with Gasteiger partial charge in [0.1, 0.15) is 5.58 Å². The Morgan fingerprint density at radius 3 is 1.38 bits per heavy atom. The molecule has 4 heterocycles. The molecule has 0 saturated heterocycles. The fraction of sp³-hybridized carbons (Fsp3) is 0.421. The van der Waals surface area contributed by atoms with E-state index >= 15 is 0 Å². The highest BCUT2D eigenvalue weighted by molar-refractivity contribution is 7.00. The van der Waals surface area contributed by atoms with Crippen molar-refractivity contribution in [3.8, 4) is 5.69 Å². The number of rotatable bonds is 3. The van der Waals surface area contributed by atoms with Gasteiger partial charge in [-0.15, -0.1) is 0 Å². The van der Waals surface area contributed by atoms with Crippen molar-refractivity contribution in [2.75, 3.05) is 9.80 Å². The zero-order valence-corrected chi connectivity index (χ0v) is 52.1. The summed E-state index contributed by atoms with van der Waals surface area (Å²) in [5.74, 6) is 0. The monoisotopic (exact) mass is 1070 g/mol. The largest absolute Gasteiger partial charge is 0.468 e. The molecule has 0 radical (unpaired) electrons. The van der Waals surface area contributed by atoms with Gasteiger partial charge in [-0.2, -0.15) is 0 Å². The van der Waals surface area contributed by atoms with Gasteiger partial charge in [0.15, 0.2) is 0 Å². The molecule has 0 amide bonds. The fourth-order valence-corrected chi connectivity index (χ4v) is 15.8. The highest BCUT2D eigenvalue weighted by Crippen LogP contribution is 2.56. The molecule has 5 heteroatoms. The summed E-state index contributed by atoms with van der Waals surface area (Å²) in [7, 11) is 0. The number of anilines is 6. The number of nitrogens with zero attached hydrogens (tertiary/aromatic N) is 3. The van der Waals surface area contributed by atoms with E-state index in [0.717, 1.165) is 49.0 Å². The van der Waals surface area contributed by atoms with Crippen LogP contribution in [0, 0.1) is 0 Å². The molecule has 7 aromatic carbocycles. The molecule has 14 rings (SSSR count). The van der Waals surface area contributed by atoms with Gasteiger partial charge in [-0.1, -0.05) is 179 Å². The van der Waals surface area contributed by atoms with Crippen LogP contribution in [0.1, 0.15) is 208 Å². The summed E-state index contributed by atoms with van der Waals surface area (Å²) in [5.41, 5.74) is 26.8. The third-order valence-corrected chi connectivity index (χ3v) is 21.4. The van der Waals surface area contributed by atoms with Crippen LogP contribution >= 0.6 is 0 Å². The molecule has 3 aliphatic carbocycles. The average molecular weight is 1070 g/mol. The maximum absolute atomic E-state index is 7.93. The van der Waals surface area contributed by atoms with Crippen LogP contribution in [-0.4, -0.2) is 11.3 Å². The first-order valence-electron chi connectivity index (χ1n) is 30.7. The van der Waals surface area contributed by atoms with Gasteiger partial charge in [-0.05, 0) is 204 Å². The predicted molar refractivity (Wildman–Crippen MR) is 348 cm³/mol. The average Bonchev–Trinajstić information content (AvgIpc) is 2.44. The molecule has 2 aromatic heterocycles. The summed E-state index contributed by atoms with van der Waals surface area (Å²) >= 11 is 0. The van der Waals surface area contributed by atoms with Crippen LogP contribution in [0.25, 0.3) is 38.5 Å². The van der Waals surface area contributed by atoms with Gasteiger partial charge in [0.05, 0.1) is 28.1 Å². The Balaban J connectivity index is 1.19. The molecule has 414 valence electrons. The van der Waals surface area contributed by atoms with E-state index in [4.69, 9.17) is 4.42 Å². The maximum Gasteiger partial charge on any atom is 0.297 e. The van der Waals surface area contributed by atoms with Gasteiger partial charge in [-0.25, -0.2) is 0 Å². The van der Waals surface area contributed by atoms with Crippen molar-refractivity contribution in [3.05, 3.63) is 166 Å². The van der Waals surface area contributed by atoms with E-state index in [-0.39, 0.29) is 50.0 Å². The summed E-state index contributed by atoms with van der Waals surface area (Å²) in [6, 6.07) is 48.8.